The molecule has 1 aromatic heterocycles. The first-order valence-corrected chi connectivity index (χ1v) is 8.46. The number of ether oxygens (including phenoxy) is 3. The van der Waals surface area contributed by atoms with E-state index in [1.54, 1.807) is 32.7 Å². The lowest BCUT2D eigenvalue weighted by molar-refractivity contribution is 0.350. The maximum absolute atomic E-state index is 9.12. The van der Waals surface area contributed by atoms with Gasteiger partial charge in [0.25, 0.3) is 0 Å². The van der Waals surface area contributed by atoms with Crippen molar-refractivity contribution in [2.75, 3.05) is 27.9 Å². The van der Waals surface area contributed by atoms with Crippen LogP contribution < -0.4 is 14.2 Å². The Labute approximate surface area is 150 Å². The molecule has 0 saturated carbocycles. The van der Waals surface area contributed by atoms with Crippen LogP contribution in [0.15, 0.2) is 36.4 Å². The number of aliphatic hydroxyl groups is 1. The lowest BCUT2D eigenvalue weighted by Crippen LogP contribution is -1.90. The van der Waals surface area contributed by atoms with Gasteiger partial charge in [-0.15, -0.1) is 11.3 Å². The summed E-state index contributed by atoms with van der Waals surface area (Å²) in [5.41, 5.74) is 1.92. The van der Waals surface area contributed by atoms with Gasteiger partial charge < -0.3 is 19.3 Å². The summed E-state index contributed by atoms with van der Waals surface area (Å²) < 4.78 is 17.1. The Kier molecular flexibility index (Phi) is 5.13. The van der Waals surface area contributed by atoms with Gasteiger partial charge in [0.2, 0.25) is 0 Å². The summed E-state index contributed by atoms with van der Waals surface area (Å²) >= 11 is 1.63. The fraction of sp³-hybridized carbons (Fsp3) is 0.200. The minimum atomic E-state index is -0.188. The van der Waals surface area contributed by atoms with Crippen molar-refractivity contribution in [3.05, 3.63) is 42.0 Å². The average molecular weight is 354 g/mol. The van der Waals surface area contributed by atoms with Crippen molar-refractivity contribution in [1.82, 2.24) is 0 Å². The highest BCUT2D eigenvalue weighted by Gasteiger charge is 2.16. The summed E-state index contributed by atoms with van der Waals surface area (Å²) in [5.74, 6) is 7.98. The van der Waals surface area contributed by atoms with Crippen molar-refractivity contribution >= 4 is 21.4 Å². The molecule has 0 aliphatic carbocycles. The highest BCUT2D eigenvalue weighted by molar-refractivity contribution is 7.22. The Balaban J connectivity index is 2.25. The molecule has 0 unspecified atom stereocenters. The predicted molar refractivity (Wildman–Crippen MR) is 101 cm³/mol. The third-order valence-electron chi connectivity index (χ3n) is 3.84. The minimum Gasteiger partial charge on any atom is -0.497 e. The van der Waals surface area contributed by atoms with Crippen molar-refractivity contribution in [2.24, 2.45) is 0 Å². The second-order valence-corrected chi connectivity index (χ2v) is 6.25. The van der Waals surface area contributed by atoms with Crippen molar-refractivity contribution in [2.45, 2.75) is 0 Å². The number of thiophene rings is 1. The molecule has 3 aromatic rings. The molecule has 128 valence electrons. The Morgan fingerprint density at radius 2 is 1.64 bits per heavy atom. The van der Waals surface area contributed by atoms with Crippen LogP contribution in [0.1, 0.15) is 5.56 Å². The summed E-state index contributed by atoms with van der Waals surface area (Å²) in [6.07, 6.45) is 0. The molecule has 1 heterocycles. The Bertz CT molecular complexity index is 946. The SMILES string of the molecule is COc1ccc(-c2sc3cc(OC)c(OC)cc3c2C#CCO)cc1. The van der Waals surface area contributed by atoms with Gasteiger partial charge in [-0.1, -0.05) is 11.8 Å². The smallest absolute Gasteiger partial charge is 0.162 e. The van der Waals surface area contributed by atoms with Crippen LogP contribution in [0.25, 0.3) is 20.5 Å². The molecule has 0 fully saturated rings. The zero-order valence-electron chi connectivity index (χ0n) is 14.3. The van der Waals surface area contributed by atoms with E-state index >= 15 is 0 Å². The molecule has 0 bridgehead atoms. The molecule has 0 aliphatic rings. The largest absolute Gasteiger partial charge is 0.497 e. The summed E-state index contributed by atoms with van der Waals surface area (Å²) in [4.78, 5) is 1.04. The average Bonchev–Trinajstić information content (AvgIpc) is 3.02. The second-order valence-electron chi connectivity index (χ2n) is 5.20. The first kappa shape index (κ1) is 17.2. The normalized spacial score (nSPS) is 10.2. The maximum atomic E-state index is 9.12. The van der Waals surface area contributed by atoms with Crippen molar-refractivity contribution in [3.8, 4) is 39.5 Å². The van der Waals surface area contributed by atoms with Gasteiger partial charge >= 0.3 is 0 Å². The highest BCUT2D eigenvalue weighted by Crippen LogP contribution is 2.43. The molecule has 2 aromatic carbocycles. The monoisotopic (exact) mass is 354 g/mol. The molecule has 3 rings (SSSR count). The van der Waals surface area contributed by atoms with Gasteiger partial charge in [0, 0.05) is 16.2 Å². The molecule has 0 radical (unpaired) electrons. The fourth-order valence-corrected chi connectivity index (χ4v) is 3.79. The van der Waals surface area contributed by atoms with Gasteiger partial charge in [0.1, 0.15) is 12.4 Å². The zero-order chi connectivity index (χ0) is 17.8. The molecule has 1 N–H and O–H groups in total. The van der Waals surface area contributed by atoms with E-state index < -0.39 is 0 Å². The zero-order valence-corrected chi connectivity index (χ0v) is 15.1. The van der Waals surface area contributed by atoms with Crippen molar-refractivity contribution in [1.29, 1.82) is 0 Å². The molecule has 5 heteroatoms. The molecule has 0 atom stereocenters. The molecular formula is C20H18O4S. The number of aliphatic hydroxyl groups excluding tert-OH is 1. The van der Waals surface area contributed by atoms with E-state index in [0.29, 0.717) is 11.5 Å². The lowest BCUT2D eigenvalue weighted by Gasteiger charge is -2.07. The minimum absolute atomic E-state index is 0.188. The summed E-state index contributed by atoms with van der Waals surface area (Å²) in [6, 6.07) is 11.7. The van der Waals surface area contributed by atoms with Crippen molar-refractivity contribution in [3.63, 3.8) is 0 Å². The van der Waals surface area contributed by atoms with Crippen LogP contribution in [-0.4, -0.2) is 33.0 Å². The Morgan fingerprint density at radius 3 is 2.24 bits per heavy atom. The number of hydrogen-bond acceptors (Lipinski definition) is 5. The number of hydrogen-bond donors (Lipinski definition) is 1. The van der Waals surface area contributed by atoms with Crippen LogP contribution in [0.4, 0.5) is 0 Å². The summed E-state index contributed by atoms with van der Waals surface area (Å²) in [7, 11) is 4.87. The first-order valence-electron chi connectivity index (χ1n) is 7.64. The van der Waals surface area contributed by atoms with E-state index in [1.807, 2.05) is 36.4 Å². The molecule has 25 heavy (non-hydrogen) atoms. The fourth-order valence-electron chi connectivity index (χ4n) is 2.62. The number of fused-ring (bicyclic) bond motifs is 1. The van der Waals surface area contributed by atoms with Gasteiger partial charge in [0.15, 0.2) is 11.5 Å². The lowest BCUT2D eigenvalue weighted by atomic mass is 10.1. The number of methoxy groups -OCH3 is 3. The standard InChI is InChI=1S/C20H18O4S/c1-22-14-8-6-13(7-9-14)20-15(5-4-10-21)16-11-17(23-2)18(24-3)12-19(16)25-20/h6-9,11-12,21H,10H2,1-3H3. The summed E-state index contributed by atoms with van der Waals surface area (Å²) in [5, 5.41) is 10.1. The van der Waals surface area contributed by atoms with Crippen LogP contribution in [-0.2, 0) is 0 Å². The molecule has 0 amide bonds. The third-order valence-corrected chi connectivity index (χ3v) is 5.04. The first-order chi connectivity index (χ1) is 12.2. The quantitative estimate of drug-likeness (QED) is 0.721. The molecule has 4 nitrogen and oxygen atoms in total. The predicted octanol–water partition coefficient (Wildman–Crippen LogP) is 3.94. The van der Waals surface area contributed by atoms with Crippen LogP contribution in [0.2, 0.25) is 0 Å². The summed E-state index contributed by atoms with van der Waals surface area (Å²) in [6.45, 7) is -0.188. The number of rotatable bonds is 4. The van der Waals surface area contributed by atoms with E-state index in [4.69, 9.17) is 19.3 Å². The van der Waals surface area contributed by atoms with Crippen LogP contribution in [0, 0.1) is 11.8 Å². The second kappa shape index (κ2) is 7.47. The van der Waals surface area contributed by atoms with E-state index in [1.165, 1.54) is 0 Å². The maximum Gasteiger partial charge on any atom is 0.162 e. The topological polar surface area (TPSA) is 47.9 Å². The highest BCUT2D eigenvalue weighted by atomic mass is 32.1. The molecule has 0 saturated heterocycles. The van der Waals surface area contributed by atoms with Gasteiger partial charge in [0.05, 0.1) is 31.8 Å². The van der Waals surface area contributed by atoms with Crippen LogP contribution in [0.3, 0.4) is 0 Å². The molecule has 0 spiro atoms. The van der Waals surface area contributed by atoms with Gasteiger partial charge in [-0.3, -0.25) is 0 Å². The Morgan fingerprint density at radius 1 is 0.960 bits per heavy atom. The molecule has 0 aliphatic heterocycles. The Hall–Kier alpha value is -2.68. The van der Waals surface area contributed by atoms with Gasteiger partial charge in [-0.05, 0) is 35.9 Å². The van der Waals surface area contributed by atoms with Gasteiger partial charge in [-0.25, -0.2) is 0 Å². The van der Waals surface area contributed by atoms with E-state index in [0.717, 1.165) is 31.8 Å². The van der Waals surface area contributed by atoms with Crippen molar-refractivity contribution < 1.29 is 19.3 Å². The third kappa shape index (κ3) is 3.27. The van der Waals surface area contributed by atoms with Gasteiger partial charge in [-0.2, -0.15) is 0 Å². The van der Waals surface area contributed by atoms with E-state index in [-0.39, 0.29) is 6.61 Å². The van der Waals surface area contributed by atoms with Crippen LogP contribution >= 0.6 is 11.3 Å². The van der Waals surface area contributed by atoms with Crippen LogP contribution in [0.5, 0.6) is 17.2 Å². The van der Waals surface area contributed by atoms with E-state index in [9.17, 15) is 0 Å². The molecular weight excluding hydrogens is 336 g/mol. The van der Waals surface area contributed by atoms with E-state index in [2.05, 4.69) is 11.8 Å². The number of benzene rings is 2.